The van der Waals surface area contributed by atoms with Crippen LogP contribution in [0.3, 0.4) is 0 Å². The van der Waals surface area contributed by atoms with Gasteiger partial charge in [0.25, 0.3) is 0 Å². The third kappa shape index (κ3) is 2.08. The van der Waals surface area contributed by atoms with Gasteiger partial charge in [0.05, 0.1) is 12.6 Å². The molecule has 1 fully saturated rings. The molecule has 1 heterocycles. The number of carbonyl (C=O) groups is 1. The second-order valence-corrected chi connectivity index (χ2v) is 2.95. The largest absolute Gasteiger partial charge is 0.445 e. The highest BCUT2D eigenvalue weighted by atomic mass is 16.6. The average molecular weight is 159 g/mol. The molecule has 11 heavy (non-hydrogen) atoms. The fourth-order valence-corrected chi connectivity index (χ4v) is 1.14. The fraction of sp³-hybridized carbons (Fsp3) is 0.857. The molecular weight excluding hydrogens is 146 g/mol. The minimum atomic E-state index is -0.479. The van der Waals surface area contributed by atoms with E-state index in [1.807, 2.05) is 6.92 Å². The Morgan fingerprint density at radius 1 is 1.91 bits per heavy atom. The highest BCUT2D eigenvalue weighted by molar-refractivity contribution is 5.69. The summed E-state index contributed by atoms with van der Waals surface area (Å²) in [6, 6.07) is 0. The van der Waals surface area contributed by atoms with E-state index in [9.17, 15) is 4.79 Å². The molecule has 64 valence electrons. The Bertz CT molecular complexity index is 158. The van der Waals surface area contributed by atoms with Crippen LogP contribution in [0, 0.1) is 0 Å². The zero-order valence-electron chi connectivity index (χ0n) is 6.78. The molecule has 0 bridgehead atoms. The number of cyclic esters (lactones) is 1. The number of β-amino-alcohol motifs (C(OH)–C–C–N with tert-alkyl or cyclic N) is 1. The standard InChI is InChI=1S/C7H13NO3/c1-5(9)3-8-4-6(2)11-7(8)10/h5-6,9H,3-4H2,1-2H3/t5-,6+/m1/s1. The van der Waals surface area contributed by atoms with Crippen LogP contribution in [-0.4, -0.2) is 41.4 Å². The van der Waals surface area contributed by atoms with E-state index in [2.05, 4.69) is 0 Å². The van der Waals surface area contributed by atoms with Gasteiger partial charge in [0.1, 0.15) is 6.10 Å². The predicted octanol–water partition coefficient (Wildman–Crippen LogP) is 0.208. The van der Waals surface area contributed by atoms with Crippen LogP contribution in [0.4, 0.5) is 4.79 Å². The summed E-state index contributed by atoms with van der Waals surface area (Å²) in [7, 11) is 0. The van der Waals surface area contributed by atoms with E-state index >= 15 is 0 Å². The van der Waals surface area contributed by atoms with Gasteiger partial charge in [0.2, 0.25) is 0 Å². The van der Waals surface area contributed by atoms with Gasteiger partial charge in [0.15, 0.2) is 0 Å². The molecule has 0 radical (unpaired) electrons. The monoisotopic (exact) mass is 159 g/mol. The van der Waals surface area contributed by atoms with Crippen molar-refractivity contribution in [2.24, 2.45) is 0 Å². The van der Waals surface area contributed by atoms with Crippen molar-refractivity contribution in [1.82, 2.24) is 4.90 Å². The van der Waals surface area contributed by atoms with Crippen molar-refractivity contribution >= 4 is 6.09 Å². The van der Waals surface area contributed by atoms with Crippen LogP contribution >= 0.6 is 0 Å². The highest BCUT2D eigenvalue weighted by Gasteiger charge is 2.28. The molecule has 1 aliphatic rings. The maximum Gasteiger partial charge on any atom is 0.410 e. The fourth-order valence-electron chi connectivity index (χ4n) is 1.14. The summed E-state index contributed by atoms with van der Waals surface area (Å²) < 4.78 is 4.85. The van der Waals surface area contributed by atoms with E-state index in [0.29, 0.717) is 13.1 Å². The molecule has 4 heteroatoms. The third-order valence-electron chi connectivity index (χ3n) is 1.52. The molecule has 0 unspecified atom stereocenters. The zero-order valence-corrected chi connectivity index (χ0v) is 6.78. The first-order valence-corrected chi connectivity index (χ1v) is 3.73. The molecule has 0 aromatic carbocycles. The summed E-state index contributed by atoms with van der Waals surface area (Å²) in [4.78, 5) is 12.4. The van der Waals surface area contributed by atoms with Crippen molar-refractivity contribution in [3.8, 4) is 0 Å². The lowest BCUT2D eigenvalue weighted by molar-refractivity contribution is 0.121. The van der Waals surface area contributed by atoms with Gasteiger partial charge in [-0.2, -0.15) is 0 Å². The number of nitrogens with zero attached hydrogens (tertiary/aromatic N) is 1. The highest BCUT2D eigenvalue weighted by Crippen LogP contribution is 2.10. The molecule has 0 saturated carbocycles. The molecule has 0 aromatic rings. The Hall–Kier alpha value is -0.770. The van der Waals surface area contributed by atoms with Crippen LogP contribution in [0.1, 0.15) is 13.8 Å². The Morgan fingerprint density at radius 3 is 2.91 bits per heavy atom. The van der Waals surface area contributed by atoms with Gasteiger partial charge >= 0.3 is 6.09 Å². The molecule has 0 aliphatic carbocycles. The number of hydrogen-bond donors (Lipinski definition) is 1. The Labute approximate surface area is 65.8 Å². The van der Waals surface area contributed by atoms with Crippen LogP contribution in [0.15, 0.2) is 0 Å². The lowest BCUT2D eigenvalue weighted by Crippen LogP contribution is -2.31. The second kappa shape index (κ2) is 3.09. The SMILES string of the molecule is C[C@@H](O)CN1C[C@H](C)OC1=O. The van der Waals surface area contributed by atoms with Crippen molar-refractivity contribution in [1.29, 1.82) is 0 Å². The summed E-state index contributed by atoms with van der Waals surface area (Å²) in [5, 5.41) is 8.97. The lowest BCUT2D eigenvalue weighted by atomic mass is 10.3. The van der Waals surface area contributed by atoms with Crippen LogP contribution in [0.2, 0.25) is 0 Å². The first-order valence-electron chi connectivity index (χ1n) is 3.73. The number of carbonyl (C=O) groups excluding carboxylic acids is 1. The van der Waals surface area contributed by atoms with Crippen molar-refractivity contribution in [3.63, 3.8) is 0 Å². The number of amides is 1. The summed E-state index contributed by atoms with van der Waals surface area (Å²) in [5.41, 5.74) is 0. The molecule has 2 atom stereocenters. The van der Waals surface area contributed by atoms with Crippen LogP contribution in [0.5, 0.6) is 0 Å². The van der Waals surface area contributed by atoms with Crippen LogP contribution in [0.25, 0.3) is 0 Å². The van der Waals surface area contributed by atoms with Gasteiger partial charge in [-0.05, 0) is 13.8 Å². The molecule has 4 nitrogen and oxygen atoms in total. The Balaban J connectivity index is 2.41. The van der Waals surface area contributed by atoms with Gasteiger partial charge in [-0.1, -0.05) is 0 Å². The summed E-state index contributed by atoms with van der Waals surface area (Å²) in [6.07, 6.45) is -0.840. The van der Waals surface area contributed by atoms with Crippen molar-refractivity contribution in [3.05, 3.63) is 0 Å². The molecule has 1 N–H and O–H groups in total. The molecule has 1 aliphatic heterocycles. The minimum absolute atomic E-state index is 0.0405. The topological polar surface area (TPSA) is 49.8 Å². The maximum atomic E-state index is 10.9. The Kier molecular flexibility index (Phi) is 2.34. The zero-order chi connectivity index (χ0) is 8.43. The molecule has 1 amide bonds. The molecule has 0 spiro atoms. The minimum Gasteiger partial charge on any atom is -0.445 e. The third-order valence-corrected chi connectivity index (χ3v) is 1.52. The van der Waals surface area contributed by atoms with E-state index in [1.165, 1.54) is 4.90 Å². The average Bonchev–Trinajstić information content (AvgIpc) is 2.09. The van der Waals surface area contributed by atoms with Crippen LogP contribution in [-0.2, 0) is 4.74 Å². The van der Waals surface area contributed by atoms with Gasteiger partial charge in [-0.25, -0.2) is 4.79 Å². The van der Waals surface area contributed by atoms with Gasteiger partial charge in [-0.15, -0.1) is 0 Å². The Morgan fingerprint density at radius 2 is 2.55 bits per heavy atom. The quantitative estimate of drug-likeness (QED) is 0.626. The molecular formula is C7H13NO3. The van der Waals surface area contributed by atoms with Gasteiger partial charge < -0.3 is 14.7 Å². The lowest BCUT2D eigenvalue weighted by Gasteiger charge is -2.13. The molecule has 0 aromatic heterocycles. The van der Waals surface area contributed by atoms with Crippen molar-refractivity contribution in [2.75, 3.05) is 13.1 Å². The number of hydrogen-bond acceptors (Lipinski definition) is 3. The van der Waals surface area contributed by atoms with E-state index in [1.54, 1.807) is 6.92 Å². The normalized spacial score (nSPS) is 27.0. The number of aliphatic hydroxyl groups excluding tert-OH is 1. The smallest absolute Gasteiger partial charge is 0.410 e. The van der Waals surface area contributed by atoms with E-state index in [4.69, 9.17) is 9.84 Å². The number of rotatable bonds is 2. The second-order valence-electron chi connectivity index (χ2n) is 2.95. The summed E-state index contributed by atoms with van der Waals surface area (Å²) in [6.45, 7) is 4.43. The van der Waals surface area contributed by atoms with Crippen LogP contribution < -0.4 is 0 Å². The maximum absolute atomic E-state index is 10.9. The van der Waals surface area contributed by atoms with Gasteiger partial charge in [-0.3, -0.25) is 0 Å². The number of ether oxygens (including phenoxy) is 1. The number of aliphatic hydroxyl groups is 1. The molecule has 1 rings (SSSR count). The summed E-state index contributed by atoms with van der Waals surface area (Å²) >= 11 is 0. The molecule has 1 saturated heterocycles. The van der Waals surface area contributed by atoms with E-state index in [0.717, 1.165) is 0 Å². The predicted molar refractivity (Wildman–Crippen MR) is 39.2 cm³/mol. The van der Waals surface area contributed by atoms with E-state index < -0.39 is 6.10 Å². The van der Waals surface area contributed by atoms with Gasteiger partial charge in [0, 0.05) is 6.54 Å². The first kappa shape index (κ1) is 8.33. The van der Waals surface area contributed by atoms with E-state index in [-0.39, 0.29) is 12.2 Å². The first-order chi connectivity index (χ1) is 5.09. The van der Waals surface area contributed by atoms with Crippen molar-refractivity contribution < 1.29 is 14.6 Å². The summed E-state index contributed by atoms with van der Waals surface area (Å²) in [5.74, 6) is 0. The van der Waals surface area contributed by atoms with Crippen molar-refractivity contribution in [2.45, 2.75) is 26.1 Å².